The Labute approximate surface area is 137 Å². The van der Waals surface area contributed by atoms with Crippen molar-refractivity contribution in [2.24, 2.45) is 0 Å². The van der Waals surface area contributed by atoms with Crippen molar-refractivity contribution < 1.29 is 19.2 Å². The molecule has 0 aliphatic rings. The lowest BCUT2D eigenvalue weighted by atomic mass is 10.1. The number of carbonyl (C=O) groups is 1. The van der Waals surface area contributed by atoms with Crippen molar-refractivity contribution in [3.63, 3.8) is 0 Å². The third-order valence-corrected chi connectivity index (χ3v) is 3.34. The summed E-state index contributed by atoms with van der Waals surface area (Å²) in [6.07, 6.45) is 0. The van der Waals surface area contributed by atoms with Crippen LogP contribution in [0.25, 0.3) is 10.8 Å². The molecule has 0 unspecified atom stereocenters. The van der Waals surface area contributed by atoms with Crippen LogP contribution in [0.5, 0.6) is 11.5 Å². The van der Waals surface area contributed by atoms with Gasteiger partial charge in [-0.3, -0.25) is 10.1 Å². The van der Waals surface area contributed by atoms with Crippen molar-refractivity contribution in [1.29, 1.82) is 0 Å². The molecule has 0 radical (unpaired) electrons. The van der Waals surface area contributed by atoms with Gasteiger partial charge in [-0.25, -0.2) is 4.79 Å². The van der Waals surface area contributed by atoms with Crippen LogP contribution >= 0.6 is 0 Å². The molecule has 3 rings (SSSR count). The van der Waals surface area contributed by atoms with Gasteiger partial charge in [0.05, 0.1) is 11.0 Å². The first-order valence-electron chi connectivity index (χ1n) is 7.18. The van der Waals surface area contributed by atoms with Crippen molar-refractivity contribution in [3.05, 3.63) is 76.8 Å². The van der Waals surface area contributed by atoms with E-state index in [4.69, 9.17) is 9.47 Å². The molecule has 0 atom stereocenters. The van der Waals surface area contributed by atoms with E-state index in [9.17, 15) is 14.9 Å². The van der Waals surface area contributed by atoms with E-state index in [2.05, 4.69) is 0 Å². The molecule has 3 aromatic rings. The minimum Gasteiger partial charge on any atom is -0.482 e. The molecule has 3 aromatic carbocycles. The van der Waals surface area contributed by atoms with Gasteiger partial charge in [-0.15, -0.1) is 0 Å². The van der Waals surface area contributed by atoms with E-state index in [0.717, 1.165) is 10.8 Å². The first kappa shape index (κ1) is 15.5. The van der Waals surface area contributed by atoms with E-state index in [1.54, 1.807) is 6.07 Å². The lowest BCUT2D eigenvalue weighted by Gasteiger charge is -2.07. The Morgan fingerprint density at radius 1 is 0.917 bits per heavy atom. The smallest absolute Gasteiger partial charge is 0.349 e. The number of carbonyl (C=O) groups excluding carboxylic acids is 1. The number of benzene rings is 3. The van der Waals surface area contributed by atoms with E-state index in [-0.39, 0.29) is 18.0 Å². The van der Waals surface area contributed by atoms with Gasteiger partial charge in [0.25, 0.3) is 5.69 Å². The summed E-state index contributed by atoms with van der Waals surface area (Å²) in [5.41, 5.74) is -0.143. The number of fused-ring (bicyclic) bond motifs is 1. The van der Waals surface area contributed by atoms with Gasteiger partial charge in [0.2, 0.25) is 0 Å². The number of ether oxygens (including phenoxy) is 2. The predicted octanol–water partition coefficient (Wildman–Crippen LogP) is 3.73. The van der Waals surface area contributed by atoms with Gasteiger partial charge in [-0.2, -0.15) is 0 Å². The van der Waals surface area contributed by atoms with Crippen LogP contribution in [-0.4, -0.2) is 17.5 Å². The molecule has 0 heterocycles. The summed E-state index contributed by atoms with van der Waals surface area (Å²) in [6.45, 7) is -0.291. The van der Waals surface area contributed by atoms with Crippen LogP contribution in [-0.2, 0) is 4.79 Å². The number of rotatable bonds is 5. The average Bonchev–Trinajstić information content (AvgIpc) is 2.60. The topological polar surface area (TPSA) is 78.7 Å². The number of non-ortho nitro benzene ring substituents is 1. The van der Waals surface area contributed by atoms with Gasteiger partial charge in [0.15, 0.2) is 6.61 Å². The number of esters is 1. The monoisotopic (exact) mass is 323 g/mol. The average molecular weight is 323 g/mol. The number of nitro benzene ring substituents is 1. The van der Waals surface area contributed by atoms with Crippen molar-refractivity contribution >= 4 is 22.4 Å². The summed E-state index contributed by atoms with van der Waals surface area (Å²) in [5.74, 6) is 0.0182. The third-order valence-electron chi connectivity index (χ3n) is 3.34. The molecule has 0 spiro atoms. The number of hydrogen-bond acceptors (Lipinski definition) is 5. The number of nitrogens with zero attached hydrogens (tertiary/aromatic N) is 1. The molecule has 0 saturated heterocycles. The molecule has 0 N–H and O–H groups in total. The molecule has 120 valence electrons. The van der Waals surface area contributed by atoms with Gasteiger partial charge >= 0.3 is 5.97 Å². The Balaban J connectivity index is 1.62. The molecule has 0 fully saturated rings. The molecule has 6 heteroatoms. The fourth-order valence-corrected chi connectivity index (χ4v) is 2.22. The lowest BCUT2D eigenvalue weighted by Crippen LogP contribution is -2.17. The van der Waals surface area contributed by atoms with Crippen molar-refractivity contribution in [2.75, 3.05) is 6.61 Å². The van der Waals surface area contributed by atoms with Crippen LogP contribution < -0.4 is 9.47 Å². The molecule has 0 amide bonds. The van der Waals surface area contributed by atoms with Crippen LogP contribution in [0.3, 0.4) is 0 Å². The van der Waals surface area contributed by atoms with Gasteiger partial charge in [-0.05, 0) is 29.0 Å². The van der Waals surface area contributed by atoms with E-state index in [1.165, 1.54) is 24.3 Å². The summed E-state index contributed by atoms with van der Waals surface area (Å²) in [7, 11) is 0. The van der Waals surface area contributed by atoms with Crippen molar-refractivity contribution in [2.45, 2.75) is 0 Å². The Hall–Kier alpha value is -3.41. The van der Waals surface area contributed by atoms with Crippen LogP contribution in [0, 0.1) is 10.1 Å². The van der Waals surface area contributed by atoms with Gasteiger partial charge in [0, 0.05) is 6.07 Å². The second-order valence-corrected chi connectivity index (χ2v) is 5.03. The highest BCUT2D eigenvalue weighted by Gasteiger charge is 2.10. The van der Waals surface area contributed by atoms with Crippen LogP contribution in [0.1, 0.15) is 0 Å². The zero-order valence-electron chi connectivity index (χ0n) is 12.5. The molecule has 6 nitrogen and oxygen atoms in total. The zero-order valence-corrected chi connectivity index (χ0v) is 12.5. The van der Waals surface area contributed by atoms with E-state index in [0.29, 0.717) is 5.75 Å². The van der Waals surface area contributed by atoms with E-state index in [1.807, 2.05) is 36.4 Å². The summed E-state index contributed by atoms with van der Waals surface area (Å²) in [4.78, 5) is 22.0. The highest BCUT2D eigenvalue weighted by Crippen LogP contribution is 2.21. The maximum Gasteiger partial charge on any atom is 0.349 e. The third kappa shape index (κ3) is 3.67. The second kappa shape index (κ2) is 6.78. The fraction of sp³-hybridized carbons (Fsp3) is 0.0556. The Morgan fingerprint density at radius 3 is 2.50 bits per heavy atom. The molecule has 0 bridgehead atoms. The molecular formula is C18H13NO5. The first-order chi connectivity index (χ1) is 11.6. The largest absolute Gasteiger partial charge is 0.482 e. The summed E-state index contributed by atoms with van der Waals surface area (Å²) >= 11 is 0. The van der Waals surface area contributed by atoms with Crippen LogP contribution in [0.15, 0.2) is 66.7 Å². The second-order valence-electron chi connectivity index (χ2n) is 5.03. The Kier molecular flexibility index (Phi) is 4.38. The Morgan fingerprint density at radius 2 is 1.71 bits per heavy atom. The SMILES string of the molecule is O=C(COc1ccc2ccccc2c1)Oc1cccc([N+](=O)[O-])c1. The minimum absolute atomic E-state index is 0.108. The molecule has 0 aliphatic heterocycles. The Bertz CT molecular complexity index is 907. The lowest BCUT2D eigenvalue weighted by molar-refractivity contribution is -0.384. The van der Waals surface area contributed by atoms with Gasteiger partial charge in [-0.1, -0.05) is 36.4 Å². The normalized spacial score (nSPS) is 10.3. The van der Waals surface area contributed by atoms with Gasteiger partial charge in [0.1, 0.15) is 11.5 Å². The van der Waals surface area contributed by atoms with Crippen molar-refractivity contribution in [3.8, 4) is 11.5 Å². The maximum atomic E-state index is 11.8. The first-order valence-corrected chi connectivity index (χ1v) is 7.18. The summed E-state index contributed by atoms with van der Waals surface area (Å²) < 4.78 is 10.5. The number of nitro groups is 1. The molecular weight excluding hydrogens is 310 g/mol. The zero-order chi connectivity index (χ0) is 16.9. The fourth-order valence-electron chi connectivity index (χ4n) is 2.22. The van der Waals surface area contributed by atoms with Gasteiger partial charge < -0.3 is 9.47 Å². The van der Waals surface area contributed by atoms with Crippen LogP contribution in [0.2, 0.25) is 0 Å². The minimum atomic E-state index is -0.636. The standard InChI is InChI=1S/C18H13NO5/c20-18(24-17-7-3-6-15(11-17)19(21)22)12-23-16-9-8-13-4-1-2-5-14(13)10-16/h1-11H,12H2. The molecule has 0 saturated carbocycles. The molecule has 0 aliphatic carbocycles. The molecule has 0 aromatic heterocycles. The van der Waals surface area contributed by atoms with E-state index < -0.39 is 10.9 Å². The highest BCUT2D eigenvalue weighted by atomic mass is 16.6. The molecule has 24 heavy (non-hydrogen) atoms. The van der Waals surface area contributed by atoms with Crippen LogP contribution in [0.4, 0.5) is 5.69 Å². The maximum absolute atomic E-state index is 11.8. The quantitative estimate of drug-likeness (QED) is 0.309. The number of hydrogen-bond donors (Lipinski definition) is 0. The summed E-state index contributed by atoms with van der Waals surface area (Å²) in [5, 5.41) is 12.8. The predicted molar refractivity (Wildman–Crippen MR) is 88.2 cm³/mol. The summed E-state index contributed by atoms with van der Waals surface area (Å²) in [6, 6.07) is 18.7. The highest BCUT2D eigenvalue weighted by molar-refractivity contribution is 5.83. The van der Waals surface area contributed by atoms with E-state index >= 15 is 0 Å². The van der Waals surface area contributed by atoms with Crippen molar-refractivity contribution in [1.82, 2.24) is 0 Å².